The monoisotopic (exact) mass is 326 g/mol. The number of nitrogens with two attached hydrogens (primary N) is 1. The molecule has 6 heteroatoms. The van der Waals surface area contributed by atoms with Crippen molar-refractivity contribution in [1.29, 1.82) is 0 Å². The van der Waals surface area contributed by atoms with Crippen LogP contribution in [0.5, 0.6) is 11.6 Å². The quantitative estimate of drug-likeness (QED) is 0.911. The van der Waals surface area contributed by atoms with Gasteiger partial charge in [-0.05, 0) is 50.6 Å². The number of hydrogen-bond acceptors (Lipinski definition) is 5. The molecule has 0 bridgehead atoms. The fourth-order valence-corrected chi connectivity index (χ4v) is 3.07. The molecule has 1 aromatic carbocycles. The summed E-state index contributed by atoms with van der Waals surface area (Å²) in [5.74, 6) is 1.33. The molecule has 1 fully saturated rings. The van der Waals surface area contributed by atoms with Crippen LogP contribution in [-0.2, 0) is 4.79 Å². The smallest absolute Gasteiger partial charge is 0.241 e. The molecular weight excluding hydrogens is 304 g/mol. The van der Waals surface area contributed by atoms with Gasteiger partial charge in [-0.25, -0.2) is 4.98 Å². The lowest BCUT2D eigenvalue weighted by Gasteiger charge is -2.30. The number of aryl methyl sites for hydroxylation is 1. The van der Waals surface area contributed by atoms with Crippen LogP contribution in [0.15, 0.2) is 36.7 Å². The third-order valence-electron chi connectivity index (χ3n) is 4.25. The molecule has 126 valence electrons. The van der Waals surface area contributed by atoms with Crippen molar-refractivity contribution in [3.63, 3.8) is 0 Å². The third-order valence-corrected chi connectivity index (χ3v) is 4.25. The van der Waals surface area contributed by atoms with Crippen LogP contribution < -0.4 is 10.5 Å². The first kappa shape index (κ1) is 16.4. The van der Waals surface area contributed by atoms with E-state index in [4.69, 9.17) is 10.5 Å². The molecule has 0 radical (unpaired) electrons. The van der Waals surface area contributed by atoms with Gasteiger partial charge in [0.25, 0.3) is 0 Å². The molecule has 2 N–H and O–H groups in total. The summed E-state index contributed by atoms with van der Waals surface area (Å²) in [6, 6.07) is 7.89. The van der Waals surface area contributed by atoms with Crippen LogP contribution in [0.4, 0.5) is 0 Å². The van der Waals surface area contributed by atoms with Gasteiger partial charge >= 0.3 is 0 Å². The number of primary amides is 1. The maximum absolute atomic E-state index is 11.0. The molecule has 1 aliphatic heterocycles. The van der Waals surface area contributed by atoms with Crippen molar-refractivity contribution in [3.05, 3.63) is 47.9 Å². The minimum Gasteiger partial charge on any atom is -0.437 e. The molecule has 0 aliphatic carbocycles. The van der Waals surface area contributed by atoms with Crippen molar-refractivity contribution in [2.24, 2.45) is 5.73 Å². The van der Waals surface area contributed by atoms with Crippen molar-refractivity contribution in [2.75, 3.05) is 19.6 Å². The Labute approximate surface area is 141 Å². The van der Waals surface area contributed by atoms with E-state index in [2.05, 4.69) is 14.9 Å². The van der Waals surface area contributed by atoms with Gasteiger partial charge in [0.15, 0.2) is 0 Å². The summed E-state index contributed by atoms with van der Waals surface area (Å²) in [6.45, 7) is 4.00. The average Bonchev–Trinajstić information content (AvgIpc) is 2.56. The highest BCUT2D eigenvalue weighted by molar-refractivity contribution is 5.75. The first-order valence-corrected chi connectivity index (χ1v) is 8.18. The van der Waals surface area contributed by atoms with E-state index < -0.39 is 0 Å². The standard InChI is InChI=1S/C18H22N4O2/c1-13-3-2-4-15(11-13)24-18-17(20-7-8-21-18)14-5-9-22(10-6-14)12-16(19)23/h2-4,7-8,11,14H,5-6,9-10,12H2,1H3,(H2,19,23). The predicted molar refractivity (Wildman–Crippen MR) is 90.9 cm³/mol. The number of piperidine rings is 1. The maximum Gasteiger partial charge on any atom is 0.241 e. The third kappa shape index (κ3) is 4.08. The zero-order chi connectivity index (χ0) is 16.9. The van der Waals surface area contributed by atoms with E-state index in [-0.39, 0.29) is 11.8 Å². The van der Waals surface area contributed by atoms with Crippen LogP contribution in [0.25, 0.3) is 0 Å². The first-order valence-electron chi connectivity index (χ1n) is 8.18. The molecule has 24 heavy (non-hydrogen) atoms. The molecule has 2 heterocycles. The Morgan fingerprint density at radius 3 is 2.75 bits per heavy atom. The number of benzene rings is 1. The number of carbonyl (C=O) groups is 1. The molecule has 0 atom stereocenters. The van der Waals surface area contributed by atoms with Crippen LogP contribution in [0, 0.1) is 6.92 Å². The van der Waals surface area contributed by atoms with Crippen LogP contribution in [-0.4, -0.2) is 40.4 Å². The van der Waals surface area contributed by atoms with Crippen molar-refractivity contribution >= 4 is 5.91 Å². The van der Waals surface area contributed by atoms with E-state index >= 15 is 0 Å². The Kier molecular flexibility index (Phi) is 5.05. The van der Waals surface area contributed by atoms with Gasteiger partial charge in [0, 0.05) is 18.3 Å². The predicted octanol–water partition coefficient (Wildman–Crippen LogP) is 2.24. The second-order valence-electron chi connectivity index (χ2n) is 6.18. The Bertz CT molecular complexity index is 712. The molecule has 1 aromatic heterocycles. The summed E-state index contributed by atoms with van der Waals surface area (Å²) < 4.78 is 5.97. The van der Waals surface area contributed by atoms with Crippen LogP contribution in [0.1, 0.15) is 30.0 Å². The highest BCUT2D eigenvalue weighted by Gasteiger charge is 2.25. The van der Waals surface area contributed by atoms with Crippen LogP contribution >= 0.6 is 0 Å². The van der Waals surface area contributed by atoms with Gasteiger partial charge < -0.3 is 10.5 Å². The lowest BCUT2D eigenvalue weighted by atomic mass is 9.93. The van der Waals surface area contributed by atoms with Gasteiger partial charge in [-0.15, -0.1) is 0 Å². The molecule has 1 aliphatic rings. The summed E-state index contributed by atoms with van der Waals surface area (Å²) in [7, 11) is 0. The summed E-state index contributed by atoms with van der Waals surface area (Å²) in [5.41, 5.74) is 7.29. The minimum atomic E-state index is -0.281. The van der Waals surface area contributed by atoms with Gasteiger partial charge in [0.2, 0.25) is 11.8 Å². The SMILES string of the molecule is Cc1cccc(Oc2nccnc2C2CCN(CC(N)=O)CC2)c1. The van der Waals surface area contributed by atoms with E-state index in [1.165, 1.54) is 0 Å². The van der Waals surface area contributed by atoms with Gasteiger partial charge in [-0.1, -0.05) is 12.1 Å². The summed E-state index contributed by atoms with van der Waals surface area (Å²) in [6.07, 6.45) is 5.18. The number of ether oxygens (including phenoxy) is 1. The molecule has 2 aromatic rings. The van der Waals surface area contributed by atoms with E-state index in [9.17, 15) is 4.79 Å². The Hall–Kier alpha value is -2.47. The van der Waals surface area contributed by atoms with Crippen molar-refractivity contribution < 1.29 is 9.53 Å². The van der Waals surface area contributed by atoms with E-state index in [1.54, 1.807) is 12.4 Å². The number of carbonyl (C=O) groups excluding carboxylic acids is 1. The van der Waals surface area contributed by atoms with Gasteiger partial charge in [0.05, 0.1) is 6.54 Å². The molecule has 0 saturated carbocycles. The van der Waals surface area contributed by atoms with Crippen LogP contribution in [0.2, 0.25) is 0 Å². The Morgan fingerprint density at radius 1 is 1.29 bits per heavy atom. The van der Waals surface area contributed by atoms with Gasteiger partial charge in [-0.2, -0.15) is 0 Å². The Morgan fingerprint density at radius 2 is 2.04 bits per heavy atom. The van der Waals surface area contributed by atoms with Crippen molar-refractivity contribution in [2.45, 2.75) is 25.7 Å². The fraction of sp³-hybridized carbons (Fsp3) is 0.389. The second kappa shape index (κ2) is 7.40. The van der Waals surface area contributed by atoms with E-state index in [0.29, 0.717) is 12.4 Å². The average molecular weight is 326 g/mol. The van der Waals surface area contributed by atoms with E-state index in [1.807, 2.05) is 31.2 Å². The molecular formula is C18H22N4O2. The van der Waals surface area contributed by atoms with E-state index in [0.717, 1.165) is 42.9 Å². The number of aromatic nitrogens is 2. The number of rotatable bonds is 5. The summed E-state index contributed by atoms with van der Waals surface area (Å²) in [4.78, 5) is 22.0. The summed E-state index contributed by atoms with van der Waals surface area (Å²) >= 11 is 0. The van der Waals surface area contributed by atoms with Gasteiger partial charge in [-0.3, -0.25) is 14.7 Å². The fourth-order valence-electron chi connectivity index (χ4n) is 3.07. The number of likely N-dealkylation sites (tertiary alicyclic amines) is 1. The molecule has 6 nitrogen and oxygen atoms in total. The largest absolute Gasteiger partial charge is 0.437 e. The maximum atomic E-state index is 11.0. The lowest BCUT2D eigenvalue weighted by molar-refractivity contribution is -0.119. The molecule has 0 spiro atoms. The minimum absolute atomic E-state index is 0.280. The highest BCUT2D eigenvalue weighted by Crippen LogP contribution is 2.33. The molecule has 1 saturated heterocycles. The second-order valence-corrected chi connectivity index (χ2v) is 6.18. The molecule has 1 amide bonds. The zero-order valence-electron chi connectivity index (χ0n) is 13.8. The number of hydrogen-bond donors (Lipinski definition) is 1. The lowest BCUT2D eigenvalue weighted by Crippen LogP contribution is -2.39. The first-order chi connectivity index (χ1) is 11.6. The van der Waals surface area contributed by atoms with Crippen LogP contribution in [0.3, 0.4) is 0 Å². The zero-order valence-corrected chi connectivity index (χ0v) is 13.8. The highest BCUT2D eigenvalue weighted by atomic mass is 16.5. The topological polar surface area (TPSA) is 81.3 Å². The van der Waals surface area contributed by atoms with Crippen molar-refractivity contribution in [1.82, 2.24) is 14.9 Å². The van der Waals surface area contributed by atoms with Crippen molar-refractivity contribution in [3.8, 4) is 11.6 Å². The number of amides is 1. The molecule has 0 unspecified atom stereocenters. The van der Waals surface area contributed by atoms with Gasteiger partial charge in [0.1, 0.15) is 11.4 Å². The summed E-state index contributed by atoms with van der Waals surface area (Å²) in [5, 5.41) is 0. The molecule has 3 rings (SSSR count). The number of nitrogens with zero attached hydrogens (tertiary/aromatic N) is 3. The normalized spacial score (nSPS) is 16.0. The Balaban J connectivity index is 1.72.